The van der Waals surface area contributed by atoms with E-state index in [0.29, 0.717) is 11.1 Å². The second-order valence-electron chi connectivity index (χ2n) is 9.33. The Hall–Kier alpha value is -3.27. The van der Waals surface area contributed by atoms with Crippen molar-refractivity contribution in [3.8, 4) is 0 Å². The standard InChI is InChI=1S/C28H29FN2O4S2/c1-19(2)27-18-30(36(32,33)25-14-6-20(3)7-15-25)28(22(27)5)31(24-12-10-23(29)11-13-24)37(34,35)26-16-8-21(4)9-17-26/h6-17,27-28H,1,5,18H2,2-4H3/t27-,28-/m0/s1. The Balaban J connectivity index is 1.96. The van der Waals surface area contributed by atoms with E-state index in [2.05, 4.69) is 13.2 Å². The van der Waals surface area contributed by atoms with Crippen LogP contribution in [0.25, 0.3) is 0 Å². The van der Waals surface area contributed by atoms with Gasteiger partial charge in [0.25, 0.3) is 10.0 Å². The number of anilines is 1. The Morgan fingerprint density at radius 3 is 1.84 bits per heavy atom. The fourth-order valence-electron chi connectivity index (χ4n) is 4.40. The summed E-state index contributed by atoms with van der Waals surface area (Å²) in [6.45, 7) is 13.5. The molecule has 1 heterocycles. The van der Waals surface area contributed by atoms with Crippen LogP contribution in [-0.2, 0) is 20.0 Å². The molecule has 0 spiro atoms. The van der Waals surface area contributed by atoms with Crippen molar-refractivity contribution in [1.82, 2.24) is 4.31 Å². The first kappa shape index (κ1) is 26.8. The van der Waals surface area contributed by atoms with Crippen molar-refractivity contribution in [3.05, 3.63) is 114 Å². The summed E-state index contributed by atoms with van der Waals surface area (Å²) in [5.74, 6) is -1.04. The Morgan fingerprint density at radius 1 is 0.865 bits per heavy atom. The summed E-state index contributed by atoms with van der Waals surface area (Å²) in [6, 6.07) is 17.5. The third-order valence-corrected chi connectivity index (χ3v) is 10.1. The first-order valence-corrected chi connectivity index (χ1v) is 14.5. The molecule has 3 aromatic carbocycles. The molecule has 0 aliphatic carbocycles. The second kappa shape index (κ2) is 9.89. The van der Waals surface area contributed by atoms with E-state index in [1.54, 1.807) is 31.2 Å². The third kappa shape index (κ3) is 4.99. The van der Waals surface area contributed by atoms with Gasteiger partial charge in [0.05, 0.1) is 15.5 Å². The molecule has 1 saturated heterocycles. The van der Waals surface area contributed by atoms with E-state index in [-0.39, 0.29) is 22.0 Å². The lowest BCUT2D eigenvalue weighted by Gasteiger charge is -2.36. The minimum atomic E-state index is -4.32. The Morgan fingerprint density at radius 2 is 1.35 bits per heavy atom. The van der Waals surface area contributed by atoms with E-state index in [4.69, 9.17) is 0 Å². The molecule has 0 bridgehead atoms. The zero-order chi connectivity index (χ0) is 27.1. The molecule has 1 fully saturated rings. The maximum absolute atomic E-state index is 14.1. The van der Waals surface area contributed by atoms with Crippen molar-refractivity contribution in [2.24, 2.45) is 5.92 Å². The largest absolute Gasteiger partial charge is 0.265 e. The van der Waals surface area contributed by atoms with Crippen LogP contribution >= 0.6 is 0 Å². The molecule has 9 heteroatoms. The fraction of sp³-hybridized carbons (Fsp3) is 0.214. The van der Waals surface area contributed by atoms with Gasteiger partial charge in [-0.25, -0.2) is 25.5 Å². The highest BCUT2D eigenvalue weighted by Crippen LogP contribution is 2.42. The maximum atomic E-state index is 14.1. The molecule has 0 radical (unpaired) electrons. The van der Waals surface area contributed by atoms with Crippen molar-refractivity contribution in [1.29, 1.82) is 0 Å². The average molecular weight is 541 g/mol. The molecular formula is C28H29FN2O4S2. The van der Waals surface area contributed by atoms with Crippen molar-refractivity contribution in [2.75, 3.05) is 10.8 Å². The van der Waals surface area contributed by atoms with Gasteiger partial charge >= 0.3 is 0 Å². The van der Waals surface area contributed by atoms with Crippen LogP contribution in [0.3, 0.4) is 0 Å². The SMILES string of the molecule is C=C(C)[C@@H]1CN(S(=O)(=O)c2ccc(C)cc2)[C@@H](N(c2ccc(F)cc2)S(=O)(=O)c2ccc(C)cc2)C1=C. The molecule has 4 rings (SSSR count). The average Bonchev–Trinajstić information content (AvgIpc) is 3.18. The van der Waals surface area contributed by atoms with Gasteiger partial charge in [0, 0.05) is 12.5 Å². The van der Waals surface area contributed by atoms with E-state index in [0.717, 1.165) is 31.9 Å². The minimum absolute atomic E-state index is 0.0262. The number of halogens is 1. The summed E-state index contributed by atoms with van der Waals surface area (Å²) in [5.41, 5.74) is 2.88. The molecule has 0 amide bonds. The number of rotatable bonds is 7. The van der Waals surface area contributed by atoms with Crippen LogP contribution in [0.1, 0.15) is 18.1 Å². The highest BCUT2D eigenvalue weighted by Gasteiger charge is 2.49. The third-order valence-electron chi connectivity index (χ3n) is 6.52. The van der Waals surface area contributed by atoms with Crippen molar-refractivity contribution < 1.29 is 21.2 Å². The molecule has 2 atom stereocenters. The smallest absolute Gasteiger partial charge is 0.244 e. The predicted octanol–water partition coefficient (Wildman–Crippen LogP) is 5.42. The molecular weight excluding hydrogens is 511 g/mol. The molecule has 0 N–H and O–H groups in total. The number of nitrogens with zero attached hydrogens (tertiary/aromatic N) is 2. The van der Waals surface area contributed by atoms with Gasteiger partial charge in [-0.1, -0.05) is 54.1 Å². The van der Waals surface area contributed by atoms with Gasteiger partial charge in [0.2, 0.25) is 10.0 Å². The zero-order valence-electron chi connectivity index (χ0n) is 20.9. The van der Waals surface area contributed by atoms with Gasteiger partial charge in [-0.05, 0) is 74.9 Å². The van der Waals surface area contributed by atoms with Gasteiger partial charge in [-0.3, -0.25) is 0 Å². The van der Waals surface area contributed by atoms with Crippen LogP contribution in [0.4, 0.5) is 10.1 Å². The van der Waals surface area contributed by atoms with Crippen LogP contribution in [0, 0.1) is 25.6 Å². The Bertz CT molecular complexity index is 1550. The highest BCUT2D eigenvalue weighted by atomic mass is 32.2. The van der Waals surface area contributed by atoms with Gasteiger partial charge in [0.1, 0.15) is 12.0 Å². The van der Waals surface area contributed by atoms with Crippen LogP contribution in [-0.4, -0.2) is 33.9 Å². The summed E-state index contributed by atoms with van der Waals surface area (Å²) in [6.07, 6.45) is -1.30. The van der Waals surface area contributed by atoms with E-state index in [1.807, 2.05) is 13.8 Å². The lowest BCUT2D eigenvalue weighted by atomic mass is 9.96. The topological polar surface area (TPSA) is 74.8 Å². The molecule has 37 heavy (non-hydrogen) atoms. The first-order chi connectivity index (χ1) is 17.3. The molecule has 0 unspecified atom stereocenters. The molecule has 1 aliphatic rings. The Kier molecular flexibility index (Phi) is 7.16. The van der Waals surface area contributed by atoms with Crippen molar-refractivity contribution in [2.45, 2.75) is 36.7 Å². The van der Waals surface area contributed by atoms with E-state index in [1.165, 1.54) is 36.4 Å². The molecule has 0 saturated carbocycles. The normalized spacial score (nSPS) is 18.6. The Labute approximate surface area is 218 Å². The molecule has 6 nitrogen and oxygen atoms in total. The van der Waals surface area contributed by atoms with Gasteiger partial charge < -0.3 is 0 Å². The van der Waals surface area contributed by atoms with Gasteiger partial charge in [0.15, 0.2) is 0 Å². The van der Waals surface area contributed by atoms with Crippen LogP contribution < -0.4 is 4.31 Å². The maximum Gasteiger partial charge on any atom is 0.265 e. The van der Waals surface area contributed by atoms with Crippen LogP contribution in [0.5, 0.6) is 0 Å². The number of hydrogen-bond donors (Lipinski definition) is 0. The van der Waals surface area contributed by atoms with Crippen LogP contribution in [0.15, 0.2) is 107 Å². The lowest BCUT2D eigenvalue weighted by Crippen LogP contribution is -2.50. The molecule has 3 aromatic rings. The summed E-state index contributed by atoms with van der Waals surface area (Å²) >= 11 is 0. The van der Waals surface area contributed by atoms with E-state index in [9.17, 15) is 21.2 Å². The lowest BCUT2D eigenvalue weighted by molar-refractivity contribution is 0.406. The molecule has 0 aromatic heterocycles. The minimum Gasteiger partial charge on any atom is -0.244 e. The van der Waals surface area contributed by atoms with Gasteiger partial charge in [-0.2, -0.15) is 4.31 Å². The number of benzene rings is 3. The van der Waals surface area contributed by atoms with E-state index < -0.39 is 37.9 Å². The number of sulfonamides is 2. The summed E-state index contributed by atoms with van der Waals surface area (Å²) in [5, 5.41) is 0. The number of hydrogen-bond acceptors (Lipinski definition) is 4. The second-order valence-corrected chi connectivity index (χ2v) is 13.0. The first-order valence-electron chi connectivity index (χ1n) is 11.6. The quantitative estimate of drug-likeness (QED) is 0.375. The van der Waals surface area contributed by atoms with Crippen LogP contribution in [0.2, 0.25) is 0 Å². The number of aryl methyl sites for hydroxylation is 2. The molecule has 1 aliphatic heterocycles. The zero-order valence-corrected chi connectivity index (χ0v) is 22.6. The van der Waals surface area contributed by atoms with Crippen molar-refractivity contribution in [3.63, 3.8) is 0 Å². The fourth-order valence-corrected chi connectivity index (χ4v) is 7.67. The van der Waals surface area contributed by atoms with E-state index >= 15 is 0 Å². The highest BCUT2D eigenvalue weighted by molar-refractivity contribution is 7.93. The monoisotopic (exact) mass is 540 g/mol. The van der Waals surface area contributed by atoms with Gasteiger partial charge in [-0.15, -0.1) is 0 Å². The summed E-state index contributed by atoms with van der Waals surface area (Å²) in [7, 11) is -8.48. The molecule has 194 valence electrons. The predicted molar refractivity (Wildman–Crippen MR) is 144 cm³/mol. The summed E-state index contributed by atoms with van der Waals surface area (Å²) < 4.78 is 72.2. The van der Waals surface area contributed by atoms with Crippen molar-refractivity contribution >= 4 is 25.7 Å². The summed E-state index contributed by atoms with van der Waals surface area (Å²) in [4.78, 5) is 0.00624.